The summed E-state index contributed by atoms with van der Waals surface area (Å²) in [5, 5.41) is 15.0. The van der Waals surface area contributed by atoms with Crippen LogP contribution >= 0.6 is 34.4 Å². The molecule has 0 spiro atoms. The van der Waals surface area contributed by atoms with Crippen LogP contribution in [0.5, 0.6) is 0 Å². The van der Waals surface area contributed by atoms with Gasteiger partial charge in [-0.2, -0.15) is 0 Å². The summed E-state index contributed by atoms with van der Waals surface area (Å²) in [5.41, 5.74) is 1.47. The van der Waals surface area contributed by atoms with Crippen molar-refractivity contribution in [3.8, 4) is 16.4 Å². The Bertz CT molecular complexity index is 1300. The summed E-state index contributed by atoms with van der Waals surface area (Å²) >= 11 is 4.38. The quantitative estimate of drug-likeness (QED) is 0.371. The molecule has 1 aromatic carbocycles. The smallest absolute Gasteiger partial charge is 0.256 e. The molecular formula is C21H14N6OS3. The summed E-state index contributed by atoms with van der Waals surface area (Å²) in [5.74, 6) is 0.582. The molecular weight excluding hydrogens is 448 g/mol. The fraction of sp³-hybridized carbons (Fsp3) is 0. The summed E-state index contributed by atoms with van der Waals surface area (Å²) in [7, 11) is 0. The van der Waals surface area contributed by atoms with Gasteiger partial charge in [-0.15, -0.1) is 21.5 Å². The van der Waals surface area contributed by atoms with Crippen molar-refractivity contribution >= 4 is 45.3 Å². The van der Waals surface area contributed by atoms with Gasteiger partial charge in [-0.25, -0.2) is 4.98 Å². The van der Waals surface area contributed by atoms with Gasteiger partial charge in [0.05, 0.1) is 23.0 Å². The lowest BCUT2D eigenvalue weighted by atomic mass is 10.2. The molecule has 7 nitrogen and oxygen atoms in total. The monoisotopic (exact) mass is 462 g/mol. The van der Waals surface area contributed by atoms with E-state index < -0.39 is 0 Å². The molecule has 4 aromatic heterocycles. The summed E-state index contributed by atoms with van der Waals surface area (Å²) in [6, 6.07) is 16.9. The van der Waals surface area contributed by atoms with Gasteiger partial charge < -0.3 is 5.32 Å². The minimum atomic E-state index is -0.167. The van der Waals surface area contributed by atoms with E-state index >= 15 is 0 Å². The highest BCUT2D eigenvalue weighted by Gasteiger charge is 2.19. The number of nitrogens with one attached hydrogen (secondary N) is 1. The van der Waals surface area contributed by atoms with Crippen LogP contribution in [0.1, 0.15) is 10.4 Å². The predicted octanol–water partition coefficient (Wildman–Crippen LogP) is 5.25. The lowest BCUT2D eigenvalue weighted by Crippen LogP contribution is -2.10. The number of carbonyl (C=O) groups is 1. The van der Waals surface area contributed by atoms with Gasteiger partial charge in [0, 0.05) is 11.8 Å². The van der Waals surface area contributed by atoms with Crippen LogP contribution in [0.3, 0.4) is 0 Å². The van der Waals surface area contributed by atoms with Gasteiger partial charge in [0.2, 0.25) is 5.16 Å². The molecule has 0 radical (unpaired) electrons. The van der Waals surface area contributed by atoms with Crippen molar-refractivity contribution in [3.05, 3.63) is 84.1 Å². The van der Waals surface area contributed by atoms with E-state index in [0.717, 1.165) is 20.7 Å². The molecule has 1 amide bonds. The second-order valence-corrected chi connectivity index (χ2v) is 9.44. The highest BCUT2D eigenvalue weighted by Crippen LogP contribution is 2.36. The maximum atomic E-state index is 12.4. The summed E-state index contributed by atoms with van der Waals surface area (Å²) < 4.78 is 2.71. The van der Waals surface area contributed by atoms with E-state index in [4.69, 9.17) is 0 Å². The van der Waals surface area contributed by atoms with Gasteiger partial charge >= 0.3 is 0 Å². The van der Waals surface area contributed by atoms with Gasteiger partial charge in [-0.3, -0.25) is 14.3 Å². The standard InChI is InChI=1S/C21H14N6OS3/c28-19(14-6-2-1-3-7-14)24-17-13-23-21(30-17)31-20-26-25-18(16-9-5-11-29-16)27(20)15-8-4-10-22-12-15/h1-13H,(H,24,28). The molecule has 0 fully saturated rings. The highest BCUT2D eigenvalue weighted by molar-refractivity contribution is 8.01. The van der Waals surface area contributed by atoms with E-state index in [1.54, 1.807) is 42.1 Å². The van der Waals surface area contributed by atoms with Crippen LogP contribution in [-0.2, 0) is 0 Å². The molecule has 4 heterocycles. The zero-order valence-corrected chi connectivity index (χ0v) is 18.3. The number of rotatable bonds is 6. The third-order valence-electron chi connectivity index (χ3n) is 4.21. The Morgan fingerprint density at radius 3 is 2.68 bits per heavy atom. The minimum Gasteiger partial charge on any atom is -0.312 e. The van der Waals surface area contributed by atoms with Crippen molar-refractivity contribution in [1.29, 1.82) is 0 Å². The lowest BCUT2D eigenvalue weighted by molar-refractivity contribution is 0.102. The summed E-state index contributed by atoms with van der Waals surface area (Å²) in [6.07, 6.45) is 5.16. The second-order valence-electron chi connectivity index (χ2n) is 6.24. The number of benzene rings is 1. The Labute approximate surface area is 189 Å². The molecule has 0 aliphatic carbocycles. The van der Waals surface area contributed by atoms with Crippen LogP contribution in [0.4, 0.5) is 5.00 Å². The van der Waals surface area contributed by atoms with E-state index in [0.29, 0.717) is 15.7 Å². The fourth-order valence-electron chi connectivity index (χ4n) is 2.83. The van der Waals surface area contributed by atoms with Crippen molar-refractivity contribution < 1.29 is 4.79 Å². The van der Waals surface area contributed by atoms with E-state index in [2.05, 4.69) is 25.5 Å². The number of thiophene rings is 1. The van der Waals surface area contributed by atoms with Crippen molar-refractivity contribution in [3.63, 3.8) is 0 Å². The zero-order chi connectivity index (χ0) is 21.0. The molecule has 0 aliphatic heterocycles. The Hall–Kier alpha value is -3.34. The van der Waals surface area contributed by atoms with E-state index in [-0.39, 0.29) is 5.91 Å². The molecule has 1 N–H and O–H groups in total. The molecule has 0 bridgehead atoms. The predicted molar refractivity (Wildman–Crippen MR) is 123 cm³/mol. The number of pyridine rings is 1. The van der Waals surface area contributed by atoms with Gasteiger partial charge in [0.25, 0.3) is 5.91 Å². The largest absolute Gasteiger partial charge is 0.312 e. The van der Waals surface area contributed by atoms with Crippen LogP contribution in [-0.4, -0.2) is 30.6 Å². The Balaban J connectivity index is 1.42. The first-order valence-corrected chi connectivity index (χ1v) is 11.7. The average molecular weight is 463 g/mol. The van der Waals surface area contributed by atoms with Crippen LogP contribution in [0.2, 0.25) is 0 Å². The molecule has 152 valence electrons. The average Bonchev–Trinajstić information content (AvgIpc) is 3.56. The summed E-state index contributed by atoms with van der Waals surface area (Å²) in [6.45, 7) is 0. The molecule has 0 saturated heterocycles. The maximum absolute atomic E-state index is 12.4. The number of aromatic nitrogens is 5. The summed E-state index contributed by atoms with van der Waals surface area (Å²) in [4.78, 5) is 22.1. The molecule has 5 rings (SSSR count). The molecule has 0 aliphatic rings. The third-order valence-corrected chi connectivity index (χ3v) is 7.01. The van der Waals surface area contributed by atoms with Crippen molar-refractivity contribution in [1.82, 2.24) is 24.7 Å². The van der Waals surface area contributed by atoms with E-state index in [1.165, 1.54) is 23.1 Å². The number of nitrogens with zero attached hydrogens (tertiary/aromatic N) is 5. The topological polar surface area (TPSA) is 85.6 Å². The molecule has 10 heteroatoms. The number of hydrogen-bond acceptors (Lipinski definition) is 8. The highest BCUT2D eigenvalue weighted by atomic mass is 32.2. The van der Waals surface area contributed by atoms with Crippen LogP contribution in [0.15, 0.2) is 88.1 Å². The number of carbonyl (C=O) groups excluding carboxylic acids is 1. The van der Waals surface area contributed by atoms with Gasteiger partial charge in [0.15, 0.2) is 10.2 Å². The zero-order valence-electron chi connectivity index (χ0n) is 15.9. The van der Waals surface area contributed by atoms with Crippen LogP contribution in [0, 0.1) is 0 Å². The first-order valence-electron chi connectivity index (χ1n) is 9.18. The number of anilines is 1. The molecule has 0 unspecified atom stereocenters. The van der Waals surface area contributed by atoms with Crippen LogP contribution < -0.4 is 5.32 Å². The second kappa shape index (κ2) is 8.80. The SMILES string of the molecule is O=C(Nc1cnc(Sc2nnc(-c3cccs3)n2-c2cccnc2)s1)c1ccccc1. The lowest BCUT2D eigenvalue weighted by Gasteiger charge is -2.07. The van der Waals surface area contributed by atoms with E-state index in [9.17, 15) is 4.79 Å². The van der Waals surface area contributed by atoms with Crippen molar-refractivity contribution in [2.75, 3.05) is 5.32 Å². The van der Waals surface area contributed by atoms with Crippen molar-refractivity contribution in [2.45, 2.75) is 9.50 Å². The third kappa shape index (κ3) is 4.26. The molecule has 0 saturated carbocycles. The molecule has 0 atom stereocenters. The first-order chi connectivity index (χ1) is 15.3. The van der Waals surface area contributed by atoms with Gasteiger partial charge in [-0.05, 0) is 47.5 Å². The molecule has 31 heavy (non-hydrogen) atoms. The normalized spacial score (nSPS) is 10.8. The van der Waals surface area contributed by atoms with Crippen molar-refractivity contribution in [2.24, 2.45) is 0 Å². The Morgan fingerprint density at radius 2 is 1.90 bits per heavy atom. The van der Waals surface area contributed by atoms with E-state index in [1.807, 2.05) is 52.4 Å². The number of hydrogen-bond donors (Lipinski definition) is 1. The number of thiazole rings is 1. The van der Waals surface area contributed by atoms with Gasteiger partial charge in [-0.1, -0.05) is 35.6 Å². The minimum absolute atomic E-state index is 0.167. The van der Waals surface area contributed by atoms with Crippen LogP contribution in [0.25, 0.3) is 16.4 Å². The Kier molecular flexibility index (Phi) is 5.57. The number of amides is 1. The first kappa shape index (κ1) is 19.6. The molecule has 5 aromatic rings. The fourth-order valence-corrected chi connectivity index (χ4v) is 5.36. The Morgan fingerprint density at radius 1 is 1.00 bits per heavy atom. The maximum Gasteiger partial charge on any atom is 0.256 e. The van der Waals surface area contributed by atoms with Gasteiger partial charge in [0.1, 0.15) is 5.00 Å².